The number of rotatable bonds is 3. The Morgan fingerprint density at radius 1 is 1.40 bits per heavy atom. The third-order valence-electron chi connectivity index (χ3n) is 3.91. The normalized spacial score (nSPS) is 21.1. The molecule has 1 aromatic carbocycles. The van der Waals surface area contributed by atoms with Gasteiger partial charge in [-0.2, -0.15) is 0 Å². The third kappa shape index (κ3) is 4.23. The monoisotopic (exact) mass is 276 g/mol. The Bertz CT molecular complexity index is 420. The number of hydrogen-bond acceptors (Lipinski definition) is 3. The zero-order valence-corrected chi connectivity index (χ0v) is 12.1. The van der Waals surface area contributed by atoms with Gasteiger partial charge in [-0.05, 0) is 31.2 Å². The molecule has 1 saturated heterocycles. The van der Waals surface area contributed by atoms with Gasteiger partial charge in [-0.15, -0.1) is 0 Å². The molecule has 4 nitrogen and oxygen atoms in total. The molecule has 1 heterocycles. The first kappa shape index (κ1) is 14.9. The Morgan fingerprint density at radius 3 is 2.85 bits per heavy atom. The molecule has 2 atom stereocenters. The van der Waals surface area contributed by atoms with Gasteiger partial charge in [-0.3, -0.25) is 0 Å². The van der Waals surface area contributed by atoms with Gasteiger partial charge in [0.15, 0.2) is 0 Å². The standard InChI is InChI=1S/C16H24N2O2/c1-13(17)15-9-5-6-10-18(11-15)16(19)20-12-14-7-3-2-4-8-14/h2-4,7-8,13,15H,5-6,9-12,17H2,1H3/t13-,15?/m1/s1. The number of nitrogens with zero attached hydrogens (tertiary/aromatic N) is 1. The van der Waals surface area contributed by atoms with Crippen molar-refractivity contribution in [2.24, 2.45) is 11.7 Å². The largest absolute Gasteiger partial charge is 0.445 e. The predicted octanol–water partition coefficient (Wildman–Crippen LogP) is 2.77. The number of likely N-dealkylation sites (tertiary alicyclic amines) is 1. The summed E-state index contributed by atoms with van der Waals surface area (Å²) in [5.41, 5.74) is 7.00. The van der Waals surface area contributed by atoms with Crippen molar-refractivity contribution in [3.05, 3.63) is 35.9 Å². The summed E-state index contributed by atoms with van der Waals surface area (Å²) in [6.07, 6.45) is 3.04. The molecule has 1 fully saturated rings. The molecule has 1 aliphatic heterocycles. The SMILES string of the molecule is C[C@@H](N)C1CCCCN(C(=O)OCc2ccccc2)C1. The average molecular weight is 276 g/mol. The van der Waals surface area contributed by atoms with Gasteiger partial charge in [0.05, 0.1) is 0 Å². The van der Waals surface area contributed by atoms with Crippen molar-refractivity contribution in [3.8, 4) is 0 Å². The summed E-state index contributed by atoms with van der Waals surface area (Å²) in [5, 5.41) is 0. The molecule has 1 aliphatic rings. The smallest absolute Gasteiger partial charge is 0.410 e. The zero-order valence-electron chi connectivity index (χ0n) is 12.1. The van der Waals surface area contributed by atoms with Crippen LogP contribution in [0.2, 0.25) is 0 Å². The van der Waals surface area contributed by atoms with Crippen LogP contribution < -0.4 is 5.73 Å². The van der Waals surface area contributed by atoms with E-state index in [-0.39, 0.29) is 12.1 Å². The number of amides is 1. The van der Waals surface area contributed by atoms with E-state index < -0.39 is 0 Å². The molecule has 110 valence electrons. The second-order valence-electron chi connectivity index (χ2n) is 5.60. The summed E-state index contributed by atoms with van der Waals surface area (Å²) in [6, 6.07) is 9.88. The van der Waals surface area contributed by atoms with E-state index in [0.29, 0.717) is 19.1 Å². The van der Waals surface area contributed by atoms with Crippen LogP contribution in [-0.4, -0.2) is 30.1 Å². The Morgan fingerprint density at radius 2 is 2.15 bits per heavy atom. The number of hydrogen-bond donors (Lipinski definition) is 1. The molecule has 0 aromatic heterocycles. The van der Waals surface area contributed by atoms with Crippen LogP contribution in [0.25, 0.3) is 0 Å². The van der Waals surface area contributed by atoms with E-state index in [1.54, 1.807) is 0 Å². The highest BCUT2D eigenvalue weighted by atomic mass is 16.6. The highest BCUT2D eigenvalue weighted by Gasteiger charge is 2.25. The van der Waals surface area contributed by atoms with E-state index in [2.05, 4.69) is 0 Å². The van der Waals surface area contributed by atoms with Crippen molar-refractivity contribution in [2.45, 2.75) is 38.8 Å². The first-order valence-electron chi connectivity index (χ1n) is 7.38. The predicted molar refractivity (Wildman–Crippen MR) is 79.2 cm³/mol. The van der Waals surface area contributed by atoms with E-state index in [1.165, 1.54) is 0 Å². The fraction of sp³-hybridized carbons (Fsp3) is 0.562. The molecule has 0 spiro atoms. The van der Waals surface area contributed by atoms with Gasteiger partial charge in [0.1, 0.15) is 6.61 Å². The molecule has 1 unspecified atom stereocenters. The Hall–Kier alpha value is -1.55. The van der Waals surface area contributed by atoms with E-state index in [9.17, 15) is 4.79 Å². The molecule has 0 radical (unpaired) electrons. The lowest BCUT2D eigenvalue weighted by molar-refractivity contribution is 0.0919. The van der Waals surface area contributed by atoms with Gasteiger partial charge in [0, 0.05) is 19.1 Å². The van der Waals surface area contributed by atoms with Crippen LogP contribution in [0.3, 0.4) is 0 Å². The molecule has 2 N–H and O–H groups in total. The van der Waals surface area contributed by atoms with Crippen LogP contribution in [0.15, 0.2) is 30.3 Å². The number of nitrogens with two attached hydrogens (primary N) is 1. The molecule has 20 heavy (non-hydrogen) atoms. The van der Waals surface area contributed by atoms with Gasteiger partial charge in [-0.25, -0.2) is 4.79 Å². The minimum Gasteiger partial charge on any atom is -0.445 e. The highest BCUT2D eigenvalue weighted by molar-refractivity contribution is 5.67. The van der Waals surface area contributed by atoms with E-state index in [0.717, 1.165) is 31.4 Å². The van der Waals surface area contributed by atoms with Crippen LogP contribution in [0, 0.1) is 5.92 Å². The number of benzene rings is 1. The van der Waals surface area contributed by atoms with Crippen LogP contribution in [0.5, 0.6) is 0 Å². The quantitative estimate of drug-likeness (QED) is 0.923. The van der Waals surface area contributed by atoms with Crippen LogP contribution >= 0.6 is 0 Å². The summed E-state index contributed by atoms with van der Waals surface area (Å²) in [5.74, 6) is 0.377. The first-order chi connectivity index (χ1) is 9.66. The summed E-state index contributed by atoms with van der Waals surface area (Å²) >= 11 is 0. The van der Waals surface area contributed by atoms with Crippen molar-refractivity contribution in [3.63, 3.8) is 0 Å². The Balaban J connectivity index is 1.87. The Kier molecular flexibility index (Phi) is 5.41. The molecule has 0 bridgehead atoms. The van der Waals surface area contributed by atoms with Gasteiger partial charge >= 0.3 is 6.09 Å². The highest BCUT2D eigenvalue weighted by Crippen LogP contribution is 2.19. The summed E-state index contributed by atoms with van der Waals surface area (Å²) in [6.45, 7) is 3.84. The molecular weight excluding hydrogens is 252 g/mol. The van der Waals surface area contributed by atoms with E-state index >= 15 is 0 Å². The molecule has 1 amide bonds. The third-order valence-corrected chi connectivity index (χ3v) is 3.91. The topological polar surface area (TPSA) is 55.6 Å². The maximum absolute atomic E-state index is 12.2. The zero-order chi connectivity index (χ0) is 14.4. The van der Waals surface area contributed by atoms with Crippen molar-refractivity contribution in [2.75, 3.05) is 13.1 Å². The van der Waals surface area contributed by atoms with Gasteiger partial charge < -0.3 is 15.4 Å². The average Bonchev–Trinajstić information content (AvgIpc) is 2.72. The summed E-state index contributed by atoms with van der Waals surface area (Å²) in [7, 11) is 0. The van der Waals surface area contributed by atoms with Crippen LogP contribution in [0.1, 0.15) is 31.7 Å². The second-order valence-corrected chi connectivity index (χ2v) is 5.60. The lowest BCUT2D eigenvalue weighted by atomic mass is 9.97. The van der Waals surface area contributed by atoms with Crippen molar-refractivity contribution in [1.82, 2.24) is 4.90 Å². The maximum atomic E-state index is 12.2. The lowest BCUT2D eigenvalue weighted by Gasteiger charge is -2.25. The molecule has 4 heteroatoms. The fourth-order valence-corrected chi connectivity index (χ4v) is 2.58. The van der Waals surface area contributed by atoms with Crippen LogP contribution in [-0.2, 0) is 11.3 Å². The molecule has 0 saturated carbocycles. The van der Waals surface area contributed by atoms with E-state index in [4.69, 9.17) is 10.5 Å². The second kappa shape index (κ2) is 7.29. The van der Waals surface area contributed by atoms with Crippen molar-refractivity contribution in [1.29, 1.82) is 0 Å². The lowest BCUT2D eigenvalue weighted by Crippen LogP contribution is -2.40. The minimum absolute atomic E-state index is 0.123. The van der Waals surface area contributed by atoms with E-state index in [1.807, 2.05) is 42.2 Å². The maximum Gasteiger partial charge on any atom is 0.410 e. The first-order valence-corrected chi connectivity index (χ1v) is 7.38. The van der Waals surface area contributed by atoms with Crippen LogP contribution in [0.4, 0.5) is 4.79 Å². The molecular formula is C16H24N2O2. The Labute approximate surface area is 120 Å². The van der Waals surface area contributed by atoms with Crippen molar-refractivity contribution >= 4 is 6.09 Å². The molecule has 1 aromatic rings. The van der Waals surface area contributed by atoms with Crippen molar-refractivity contribution < 1.29 is 9.53 Å². The number of carbonyl (C=O) groups excluding carboxylic acids is 1. The minimum atomic E-state index is -0.221. The fourth-order valence-electron chi connectivity index (χ4n) is 2.58. The van der Waals surface area contributed by atoms with Gasteiger partial charge in [0.2, 0.25) is 0 Å². The molecule has 2 rings (SSSR count). The summed E-state index contributed by atoms with van der Waals surface area (Å²) in [4.78, 5) is 14.0. The number of carbonyl (C=O) groups is 1. The summed E-state index contributed by atoms with van der Waals surface area (Å²) < 4.78 is 5.40. The van der Waals surface area contributed by atoms with Gasteiger partial charge in [0.25, 0.3) is 0 Å². The van der Waals surface area contributed by atoms with Gasteiger partial charge in [-0.1, -0.05) is 36.8 Å². The molecule has 0 aliphatic carbocycles. The number of ether oxygens (including phenoxy) is 1.